The summed E-state index contributed by atoms with van der Waals surface area (Å²) in [6.07, 6.45) is 1.34. The average molecular weight is 377 g/mol. The zero-order valence-electron chi connectivity index (χ0n) is 16.0. The van der Waals surface area contributed by atoms with Gasteiger partial charge in [-0.2, -0.15) is 0 Å². The molecule has 0 fully saturated rings. The van der Waals surface area contributed by atoms with E-state index in [4.69, 9.17) is 9.47 Å². The maximum absolute atomic E-state index is 13.2. The molecule has 0 bridgehead atoms. The van der Waals surface area contributed by atoms with E-state index in [1.165, 1.54) is 0 Å². The van der Waals surface area contributed by atoms with Crippen molar-refractivity contribution in [2.45, 2.75) is 31.1 Å². The first-order chi connectivity index (χ1) is 13.6. The number of Topliss-reactive ketones (excluding diaryl/α,β-unsaturated/α-hetero) is 1. The van der Waals surface area contributed by atoms with Crippen LogP contribution in [-0.4, -0.2) is 25.9 Å². The molecule has 5 nitrogen and oxygen atoms in total. The van der Waals surface area contributed by atoms with Crippen molar-refractivity contribution in [3.05, 3.63) is 70.9 Å². The van der Waals surface area contributed by atoms with Gasteiger partial charge in [0.1, 0.15) is 11.5 Å². The van der Waals surface area contributed by atoms with Crippen LogP contribution in [-0.2, 0) is 9.59 Å². The molecule has 5 heteroatoms. The summed E-state index contributed by atoms with van der Waals surface area (Å²) in [7, 11) is 3.24. The molecule has 0 spiro atoms. The highest BCUT2D eigenvalue weighted by Crippen LogP contribution is 2.44. The largest absolute Gasteiger partial charge is 0.497 e. The molecule has 0 aromatic heterocycles. The van der Waals surface area contributed by atoms with E-state index in [0.717, 1.165) is 28.1 Å². The fourth-order valence-electron chi connectivity index (χ4n) is 4.29. The van der Waals surface area contributed by atoms with Crippen LogP contribution >= 0.6 is 0 Å². The number of ether oxygens (including phenoxy) is 2. The van der Waals surface area contributed by atoms with Gasteiger partial charge in [-0.15, -0.1) is 0 Å². The Hall–Kier alpha value is -3.08. The molecule has 0 saturated carbocycles. The van der Waals surface area contributed by atoms with Gasteiger partial charge in [0.05, 0.1) is 14.2 Å². The van der Waals surface area contributed by atoms with Gasteiger partial charge in [0.15, 0.2) is 5.78 Å². The Kier molecular flexibility index (Phi) is 4.90. The van der Waals surface area contributed by atoms with E-state index in [2.05, 4.69) is 5.32 Å². The molecule has 2 aromatic rings. The number of benzene rings is 2. The molecule has 1 aliphatic heterocycles. The van der Waals surface area contributed by atoms with Crippen molar-refractivity contribution in [2.24, 2.45) is 0 Å². The molecule has 0 saturated heterocycles. The molecule has 2 aromatic carbocycles. The van der Waals surface area contributed by atoms with E-state index in [1.807, 2.05) is 48.5 Å². The first-order valence-corrected chi connectivity index (χ1v) is 9.43. The number of nitrogens with one attached hydrogen (secondary N) is 1. The predicted octanol–water partition coefficient (Wildman–Crippen LogP) is 3.71. The van der Waals surface area contributed by atoms with E-state index in [-0.39, 0.29) is 29.9 Å². The van der Waals surface area contributed by atoms with Crippen molar-refractivity contribution in [2.75, 3.05) is 14.2 Å². The molecule has 2 aliphatic rings. The quantitative estimate of drug-likeness (QED) is 0.882. The van der Waals surface area contributed by atoms with Crippen LogP contribution in [0.1, 0.15) is 42.2 Å². The average Bonchev–Trinajstić information content (AvgIpc) is 2.72. The van der Waals surface area contributed by atoms with E-state index >= 15 is 0 Å². The van der Waals surface area contributed by atoms with Gasteiger partial charge in [-0.3, -0.25) is 9.59 Å². The van der Waals surface area contributed by atoms with Gasteiger partial charge in [0.25, 0.3) is 0 Å². The van der Waals surface area contributed by atoms with Gasteiger partial charge in [0, 0.05) is 35.6 Å². The van der Waals surface area contributed by atoms with Crippen molar-refractivity contribution in [3.8, 4) is 11.5 Å². The second kappa shape index (κ2) is 7.50. The highest BCUT2D eigenvalue weighted by Gasteiger charge is 2.39. The van der Waals surface area contributed by atoms with Crippen molar-refractivity contribution >= 4 is 11.7 Å². The normalized spacial score (nSPS) is 21.8. The van der Waals surface area contributed by atoms with Crippen molar-refractivity contribution < 1.29 is 19.1 Å². The molecule has 1 amide bonds. The zero-order chi connectivity index (χ0) is 19.7. The Balaban J connectivity index is 1.70. The number of hydrogen-bond donors (Lipinski definition) is 1. The maximum atomic E-state index is 13.2. The minimum absolute atomic E-state index is 0.0499. The number of carbonyl (C=O) groups is 2. The molecule has 1 N–H and O–H groups in total. The van der Waals surface area contributed by atoms with Gasteiger partial charge in [-0.25, -0.2) is 0 Å². The lowest BCUT2D eigenvalue weighted by molar-refractivity contribution is -0.122. The third-order valence-electron chi connectivity index (χ3n) is 5.64. The Labute approximate surface area is 164 Å². The van der Waals surface area contributed by atoms with Crippen LogP contribution in [0, 0.1) is 0 Å². The minimum atomic E-state index is -0.260. The SMILES string of the molecule is COc1ccc([C@@H]2CC(=O)C3=C(C2)NC(=O)C[C@H]3c2ccccc2OC)cc1. The van der Waals surface area contributed by atoms with Crippen LogP contribution in [0.15, 0.2) is 59.8 Å². The summed E-state index contributed by atoms with van der Waals surface area (Å²) in [5.74, 6) is 1.32. The third-order valence-corrected chi connectivity index (χ3v) is 5.64. The summed E-state index contributed by atoms with van der Waals surface area (Å²) in [6.45, 7) is 0. The van der Waals surface area contributed by atoms with Gasteiger partial charge >= 0.3 is 0 Å². The first-order valence-electron chi connectivity index (χ1n) is 9.43. The maximum Gasteiger partial charge on any atom is 0.225 e. The Morgan fingerprint density at radius 3 is 2.36 bits per heavy atom. The number of amides is 1. The van der Waals surface area contributed by atoms with E-state index in [0.29, 0.717) is 18.6 Å². The van der Waals surface area contributed by atoms with Gasteiger partial charge < -0.3 is 14.8 Å². The second-order valence-electron chi connectivity index (χ2n) is 7.24. The number of carbonyl (C=O) groups excluding carboxylic acids is 2. The molecular formula is C23H23NO4. The number of hydrogen-bond acceptors (Lipinski definition) is 4. The summed E-state index contributed by atoms with van der Waals surface area (Å²) < 4.78 is 10.7. The van der Waals surface area contributed by atoms with Crippen LogP contribution in [0.25, 0.3) is 0 Å². The Morgan fingerprint density at radius 2 is 1.64 bits per heavy atom. The first kappa shape index (κ1) is 18.3. The Bertz CT molecular complexity index is 945. The van der Waals surface area contributed by atoms with E-state index in [1.54, 1.807) is 14.2 Å². The van der Waals surface area contributed by atoms with Gasteiger partial charge in [-0.1, -0.05) is 30.3 Å². The molecular weight excluding hydrogens is 354 g/mol. The summed E-state index contributed by atoms with van der Waals surface area (Å²) in [5, 5.41) is 2.96. The van der Waals surface area contributed by atoms with Gasteiger partial charge in [-0.05, 0) is 36.1 Å². The second-order valence-corrected chi connectivity index (χ2v) is 7.24. The lowest BCUT2D eigenvalue weighted by Gasteiger charge is -2.35. The number of allylic oxidation sites excluding steroid dienone is 2. The van der Waals surface area contributed by atoms with Crippen molar-refractivity contribution in [1.29, 1.82) is 0 Å². The van der Waals surface area contributed by atoms with E-state index in [9.17, 15) is 9.59 Å². The monoisotopic (exact) mass is 377 g/mol. The minimum Gasteiger partial charge on any atom is -0.497 e. The number of para-hydroxylation sites is 1. The third kappa shape index (κ3) is 3.28. The van der Waals surface area contributed by atoms with Crippen LogP contribution in [0.2, 0.25) is 0 Å². The van der Waals surface area contributed by atoms with Crippen molar-refractivity contribution in [3.63, 3.8) is 0 Å². The molecule has 0 unspecified atom stereocenters. The number of methoxy groups -OCH3 is 2. The van der Waals surface area contributed by atoms with Crippen LogP contribution in [0.3, 0.4) is 0 Å². The molecule has 2 atom stereocenters. The van der Waals surface area contributed by atoms with Crippen LogP contribution < -0.4 is 14.8 Å². The molecule has 1 aliphatic carbocycles. The standard InChI is InChI=1S/C23H23NO4/c1-27-16-9-7-14(8-10-16)15-11-19-23(20(25)12-15)18(13-22(26)24-19)17-5-3-4-6-21(17)28-2/h3-10,15,18H,11-13H2,1-2H3,(H,24,26)/t15-,18-/m0/s1. The van der Waals surface area contributed by atoms with Crippen LogP contribution in [0.5, 0.6) is 11.5 Å². The fraction of sp³-hybridized carbons (Fsp3) is 0.304. The molecule has 28 heavy (non-hydrogen) atoms. The van der Waals surface area contributed by atoms with E-state index < -0.39 is 0 Å². The Morgan fingerprint density at radius 1 is 0.893 bits per heavy atom. The fourth-order valence-corrected chi connectivity index (χ4v) is 4.29. The summed E-state index contributed by atoms with van der Waals surface area (Å²) >= 11 is 0. The molecule has 4 rings (SSSR count). The lowest BCUT2D eigenvalue weighted by Crippen LogP contribution is -2.38. The molecule has 0 radical (unpaired) electrons. The highest BCUT2D eigenvalue weighted by atomic mass is 16.5. The highest BCUT2D eigenvalue weighted by molar-refractivity contribution is 6.02. The topological polar surface area (TPSA) is 64.6 Å². The van der Waals surface area contributed by atoms with Crippen LogP contribution in [0.4, 0.5) is 0 Å². The number of ketones is 1. The summed E-state index contributed by atoms with van der Waals surface area (Å²) in [4.78, 5) is 25.6. The van der Waals surface area contributed by atoms with Gasteiger partial charge in [0.2, 0.25) is 5.91 Å². The zero-order valence-corrected chi connectivity index (χ0v) is 16.0. The lowest BCUT2D eigenvalue weighted by atomic mass is 9.73. The molecule has 144 valence electrons. The van der Waals surface area contributed by atoms with Crippen molar-refractivity contribution in [1.82, 2.24) is 5.32 Å². The summed E-state index contributed by atoms with van der Waals surface area (Å²) in [6, 6.07) is 15.4. The number of rotatable bonds is 4. The smallest absolute Gasteiger partial charge is 0.225 e. The summed E-state index contributed by atoms with van der Waals surface area (Å²) in [5.41, 5.74) is 3.45. The molecule has 1 heterocycles. The predicted molar refractivity (Wildman–Crippen MR) is 105 cm³/mol.